The van der Waals surface area contributed by atoms with E-state index >= 15 is 0 Å². The van der Waals surface area contributed by atoms with Gasteiger partial charge < -0.3 is 9.63 Å². The standard InChI is InChI=1S/C12H9BrClNO3/c1-2-9-10(12(16)17)11(15-18-9)7-5-6(14)3-4-8(7)13/h3-5H,2H2,1H3,(H,16,17). The SMILES string of the molecule is CCc1onc(-c2cc(Cl)ccc2Br)c1C(=O)O. The van der Waals surface area contributed by atoms with E-state index in [0.717, 1.165) is 0 Å². The van der Waals surface area contributed by atoms with Gasteiger partial charge in [-0.05, 0) is 18.2 Å². The number of carboxylic acids is 1. The van der Waals surface area contributed by atoms with Gasteiger partial charge in [-0.25, -0.2) is 4.79 Å². The van der Waals surface area contributed by atoms with Crippen molar-refractivity contribution in [3.8, 4) is 11.3 Å². The van der Waals surface area contributed by atoms with Crippen LogP contribution in [0.1, 0.15) is 23.0 Å². The van der Waals surface area contributed by atoms with Crippen molar-refractivity contribution in [3.05, 3.63) is 39.0 Å². The van der Waals surface area contributed by atoms with Crippen molar-refractivity contribution in [2.45, 2.75) is 13.3 Å². The van der Waals surface area contributed by atoms with Crippen LogP contribution in [0.15, 0.2) is 27.2 Å². The van der Waals surface area contributed by atoms with Crippen molar-refractivity contribution < 1.29 is 14.4 Å². The average Bonchev–Trinajstić information content (AvgIpc) is 2.75. The number of carboxylic acid groups (broad SMARTS) is 1. The topological polar surface area (TPSA) is 63.3 Å². The second-order valence-electron chi connectivity index (χ2n) is 3.61. The first-order valence-electron chi connectivity index (χ1n) is 5.21. The molecule has 0 spiro atoms. The van der Waals surface area contributed by atoms with Crippen molar-refractivity contribution >= 4 is 33.5 Å². The Kier molecular flexibility index (Phi) is 3.73. The molecule has 18 heavy (non-hydrogen) atoms. The Morgan fingerprint density at radius 2 is 2.28 bits per heavy atom. The molecule has 0 aliphatic heterocycles. The number of hydrogen-bond acceptors (Lipinski definition) is 3. The number of aryl methyl sites for hydroxylation is 1. The smallest absolute Gasteiger partial charge is 0.341 e. The molecule has 1 heterocycles. The molecule has 1 aromatic carbocycles. The zero-order valence-corrected chi connectivity index (χ0v) is 11.7. The summed E-state index contributed by atoms with van der Waals surface area (Å²) in [5.41, 5.74) is 0.970. The zero-order chi connectivity index (χ0) is 13.3. The molecule has 2 rings (SSSR count). The molecule has 0 bridgehead atoms. The second kappa shape index (κ2) is 5.12. The number of aromatic carboxylic acids is 1. The molecule has 1 N–H and O–H groups in total. The summed E-state index contributed by atoms with van der Waals surface area (Å²) >= 11 is 9.26. The fourth-order valence-electron chi connectivity index (χ4n) is 1.65. The van der Waals surface area contributed by atoms with Crippen molar-refractivity contribution in [1.82, 2.24) is 5.16 Å². The van der Waals surface area contributed by atoms with Crippen molar-refractivity contribution in [3.63, 3.8) is 0 Å². The molecule has 0 atom stereocenters. The van der Waals surface area contributed by atoms with Crippen LogP contribution in [0.3, 0.4) is 0 Å². The van der Waals surface area contributed by atoms with Crippen molar-refractivity contribution in [1.29, 1.82) is 0 Å². The van der Waals surface area contributed by atoms with Crippen LogP contribution in [-0.4, -0.2) is 16.2 Å². The molecule has 0 aliphatic rings. The van der Waals surface area contributed by atoms with Gasteiger partial charge in [-0.2, -0.15) is 0 Å². The van der Waals surface area contributed by atoms with E-state index in [4.69, 9.17) is 16.1 Å². The highest BCUT2D eigenvalue weighted by Gasteiger charge is 2.23. The van der Waals surface area contributed by atoms with Gasteiger partial charge in [0.1, 0.15) is 11.3 Å². The van der Waals surface area contributed by atoms with Gasteiger partial charge in [-0.3, -0.25) is 0 Å². The molecular formula is C12H9BrClNO3. The molecule has 1 aromatic heterocycles. The number of aromatic nitrogens is 1. The van der Waals surface area contributed by atoms with Gasteiger partial charge in [0, 0.05) is 21.5 Å². The fraction of sp³-hybridized carbons (Fsp3) is 0.167. The van der Waals surface area contributed by atoms with Gasteiger partial charge in [-0.15, -0.1) is 0 Å². The molecule has 6 heteroatoms. The molecule has 2 aromatic rings. The van der Waals surface area contributed by atoms with Crippen LogP contribution in [0.2, 0.25) is 5.02 Å². The van der Waals surface area contributed by atoms with Crippen LogP contribution in [0.5, 0.6) is 0 Å². The molecular weight excluding hydrogens is 321 g/mol. The fourth-order valence-corrected chi connectivity index (χ4v) is 2.26. The lowest BCUT2D eigenvalue weighted by Crippen LogP contribution is -2.01. The normalized spacial score (nSPS) is 10.6. The van der Waals surface area contributed by atoms with Crippen molar-refractivity contribution in [2.75, 3.05) is 0 Å². The van der Waals surface area contributed by atoms with E-state index in [0.29, 0.717) is 27.2 Å². The lowest BCUT2D eigenvalue weighted by molar-refractivity contribution is 0.0695. The lowest BCUT2D eigenvalue weighted by atomic mass is 10.1. The first-order chi connectivity index (χ1) is 8.54. The number of benzene rings is 1. The summed E-state index contributed by atoms with van der Waals surface area (Å²) in [6.07, 6.45) is 0.465. The molecule has 0 fully saturated rings. The Morgan fingerprint density at radius 1 is 1.56 bits per heavy atom. The van der Waals surface area contributed by atoms with Gasteiger partial charge >= 0.3 is 5.97 Å². The predicted molar refractivity (Wildman–Crippen MR) is 71.0 cm³/mol. The van der Waals surface area contributed by atoms with E-state index in [1.54, 1.807) is 18.2 Å². The van der Waals surface area contributed by atoms with Crippen LogP contribution < -0.4 is 0 Å². The molecule has 0 unspecified atom stereocenters. The molecule has 94 valence electrons. The molecule has 0 saturated heterocycles. The van der Waals surface area contributed by atoms with Crippen LogP contribution in [-0.2, 0) is 6.42 Å². The minimum absolute atomic E-state index is 0.0838. The van der Waals surface area contributed by atoms with E-state index in [2.05, 4.69) is 21.1 Å². The minimum Gasteiger partial charge on any atom is -0.477 e. The van der Waals surface area contributed by atoms with Crippen LogP contribution >= 0.6 is 27.5 Å². The van der Waals surface area contributed by atoms with Gasteiger partial charge in [0.25, 0.3) is 0 Å². The summed E-state index contributed by atoms with van der Waals surface area (Å²) in [5, 5.41) is 13.6. The van der Waals surface area contributed by atoms with E-state index in [-0.39, 0.29) is 11.3 Å². The first-order valence-corrected chi connectivity index (χ1v) is 6.39. The molecule has 4 nitrogen and oxygen atoms in total. The monoisotopic (exact) mass is 329 g/mol. The van der Waals surface area contributed by atoms with Crippen LogP contribution in [0.25, 0.3) is 11.3 Å². The lowest BCUT2D eigenvalue weighted by Gasteiger charge is -2.02. The van der Waals surface area contributed by atoms with E-state index in [9.17, 15) is 9.90 Å². The Bertz CT molecular complexity index is 609. The Balaban J connectivity index is 2.67. The van der Waals surface area contributed by atoms with Crippen LogP contribution in [0.4, 0.5) is 0 Å². The molecule has 0 radical (unpaired) electrons. The van der Waals surface area contributed by atoms with Gasteiger partial charge in [0.2, 0.25) is 0 Å². The summed E-state index contributed by atoms with van der Waals surface area (Å²) < 4.78 is 5.77. The van der Waals surface area contributed by atoms with Gasteiger partial charge in [0.05, 0.1) is 0 Å². The highest BCUT2D eigenvalue weighted by Crippen LogP contribution is 2.33. The van der Waals surface area contributed by atoms with Gasteiger partial charge in [-0.1, -0.05) is 39.6 Å². The number of halogens is 2. The summed E-state index contributed by atoms with van der Waals surface area (Å²) in [5.74, 6) is -0.709. The maximum absolute atomic E-state index is 11.3. The number of carbonyl (C=O) groups is 1. The summed E-state index contributed by atoms with van der Waals surface area (Å²) in [7, 11) is 0. The van der Waals surface area contributed by atoms with Crippen molar-refractivity contribution in [2.24, 2.45) is 0 Å². The quantitative estimate of drug-likeness (QED) is 0.923. The van der Waals surface area contributed by atoms with Gasteiger partial charge in [0.15, 0.2) is 5.76 Å². The third-order valence-electron chi connectivity index (χ3n) is 2.48. The molecule has 0 aliphatic carbocycles. The number of rotatable bonds is 3. The third kappa shape index (κ3) is 2.28. The highest BCUT2D eigenvalue weighted by molar-refractivity contribution is 9.10. The summed E-state index contributed by atoms with van der Waals surface area (Å²) in [6.45, 7) is 1.81. The maximum atomic E-state index is 11.3. The average molecular weight is 331 g/mol. The predicted octanol–water partition coefficient (Wildman–Crippen LogP) is 4.02. The van der Waals surface area contributed by atoms with E-state index in [1.807, 2.05) is 6.92 Å². The Hall–Kier alpha value is -1.33. The van der Waals surface area contributed by atoms with E-state index < -0.39 is 5.97 Å². The maximum Gasteiger partial charge on any atom is 0.341 e. The second-order valence-corrected chi connectivity index (χ2v) is 4.90. The number of nitrogens with zero attached hydrogens (tertiary/aromatic N) is 1. The summed E-state index contributed by atoms with van der Waals surface area (Å²) in [4.78, 5) is 11.3. The van der Waals surface area contributed by atoms with E-state index in [1.165, 1.54) is 0 Å². The number of hydrogen-bond donors (Lipinski definition) is 1. The largest absolute Gasteiger partial charge is 0.477 e. The third-order valence-corrected chi connectivity index (χ3v) is 3.41. The highest BCUT2D eigenvalue weighted by atomic mass is 79.9. The Labute approximate surface area is 117 Å². The molecule has 0 amide bonds. The zero-order valence-electron chi connectivity index (χ0n) is 9.41. The first kappa shape index (κ1) is 13.1. The summed E-state index contributed by atoms with van der Waals surface area (Å²) in [6, 6.07) is 5.09. The molecule has 0 saturated carbocycles. The van der Waals surface area contributed by atoms with Crippen LogP contribution in [0, 0.1) is 0 Å². The Morgan fingerprint density at radius 3 is 2.89 bits per heavy atom. The minimum atomic E-state index is -1.06.